The van der Waals surface area contributed by atoms with Gasteiger partial charge in [-0.3, -0.25) is 44.1 Å². The Morgan fingerprint density at radius 1 is 0.712 bits per heavy atom. The van der Waals surface area contributed by atoms with Gasteiger partial charge < -0.3 is 49.1 Å². The second-order valence-corrected chi connectivity index (χ2v) is 15.8. The minimum atomic E-state index is -1.01. The van der Waals surface area contributed by atoms with E-state index in [9.17, 15) is 28.8 Å². The van der Waals surface area contributed by atoms with Crippen molar-refractivity contribution in [1.29, 1.82) is 0 Å². The summed E-state index contributed by atoms with van der Waals surface area (Å²) in [5, 5.41) is 18.3. The predicted octanol–water partition coefficient (Wildman–Crippen LogP) is 2.75. The van der Waals surface area contributed by atoms with Crippen molar-refractivity contribution in [2.45, 2.75) is 63.3 Å². The molecule has 1 unspecified atom stereocenters. The number of aromatic nitrogens is 2. The SMILES string of the molecule is O=C(COCCOCCOCCOc1ccc(CC(=O)Nc2cc(C3CCC3)[nH]n2)cc1)NCCCOCCOCCOCCCNc1cccc2c1C(=O)N(C1CCC(=O)NC1=O)C2=O. The van der Waals surface area contributed by atoms with Crippen LogP contribution in [0.25, 0.3) is 0 Å². The lowest BCUT2D eigenvalue weighted by Crippen LogP contribution is -2.54. The average Bonchev–Trinajstić information content (AvgIpc) is 3.84. The molecule has 0 bridgehead atoms. The number of fused-ring (bicyclic) bond motifs is 1. The molecule has 1 saturated carbocycles. The summed E-state index contributed by atoms with van der Waals surface area (Å²) in [5.74, 6) is -0.727. The largest absolute Gasteiger partial charge is 0.491 e. The van der Waals surface area contributed by atoms with E-state index in [1.54, 1.807) is 18.2 Å². The van der Waals surface area contributed by atoms with Crippen molar-refractivity contribution in [3.63, 3.8) is 0 Å². The number of nitrogens with zero attached hydrogens (tertiary/aromatic N) is 2. The molecule has 1 saturated heterocycles. The molecule has 3 heterocycles. The van der Waals surface area contributed by atoms with Crippen LogP contribution in [0.3, 0.4) is 0 Å². The molecule has 3 aromatic rings. The van der Waals surface area contributed by atoms with E-state index in [2.05, 4.69) is 31.5 Å². The van der Waals surface area contributed by atoms with E-state index >= 15 is 0 Å². The standard InChI is InChI=1S/C46H61N7O13/c54-40-14-13-38(44(57)50-40)53-45(58)35-7-2-8-36(43(35)46(53)59)47-15-3-17-60-19-21-62-22-20-61-18-4-16-48-42(56)31-65-26-25-63-23-24-64-27-28-66-34-11-9-32(10-12-34)29-41(55)49-39-30-37(51-52-39)33-5-1-6-33/h2,7-12,30,33,38,47H,1,3-6,13-29,31H2,(H,48,56)(H,50,54,57)(H2,49,51,52,55). The highest BCUT2D eigenvalue weighted by atomic mass is 16.6. The summed E-state index contributed by atoms with van der Waals surface area (Å²) in [6.45, 7) is 5.60. The summed E-state index contributed by atoms with van der Waals surface area (Å²) in [7, 11) is 0. The fourth-order valence-corrected chi connectivity index (χ4v) is 7.28. The van der Waals surface area contributed by atoms with Crippen LogP contribution in [0.15, 0.2) is 48.5 Å². The Balaban J connectivity index is 0.657. The third-order valence-corrected chi connectivity index (χ3v) is 11.0. The maximum Gasteiger partial charge on any atom is 0.264 e. The van der Waals surface area contributed by atoms with Crippen molar-refractivity contribution in [2.75, 3.05) is 110 Å². The first kappa shape index (κ1) is 49.7. The Bertz CT molecular complexity index is 2060. The number of rotatable bonds is 32. The summed E-state index contributed by atoms with van der Waals surface area (Å²) in [5.41, 5.74) is 2.90. The normalized spacial score (nSPS) is 15.9. The van der Waals surface area contributed by atoms with Crippen LogP contribution in [0.5, 0.6) is 5.75 Å². The summed E-state index contributed by atoms with van der Waals surface area (Å²) in [6.07, 6.45) is 5.25. The smallest absolute Gasteiger partial charge is 0.264 e. The quantitative estimate of drug-likeness (QED) is 0.0447. The van der Waals surface area contributed by atoms with Gasteiger partial charge in [-0.1, -0.05) is 24.6 Å². The molecule has 0 spiro atoms. The Kier molecular flexibility index (Phi) is 20.3. The Morgan fingerprint density at radius 3 is 2.03 bits per heavy atom. The van der Waals surface area contributed by atoms with Crippen molar-refractivity contribution in [2.24, 2.45) is 0 Å². The molecule has 1 atom stereocenters. The monoisotopic (exact) mass is 919 g/mol. The van der Waals surface area contributed by atoms with Gasteiger partial charge >= 0.3 is 0 Å². The average molecular weight is 920 g/mol. The van der Waals surface area contributed by atoms with Crippen LogP contribution >= 0.6 is 0 Å². The molecular formula is C46H61N7O13. The molecule has 6 rings (SSSR count). The molecule has 2 fully saturated rings. The van der Waals surface area contributed by atoms with Gasteiger partial charge in [-0.15, -0.1) is 0 Å². The first-order valence-corrected chi connectivity index (χ1v) is 22.7. The van der Waals surface area contributed by atoms with Crippen molar-refractivity contribution < 1.29 is 61.9 Å². The third-order valence-electron chi connectivity index (χ3n) is 11.0. The summed E-state index contributed by atoms with van der Waals surface area (Å²) < 4.78 is 38.9. The highest BCUT2D eigenvalue weighted by Gasteiger charge is 2.45. The molecule has 3 aliphatic rings. The number of amides is 6. The number of ether oxygens (including phenoxy) is 7. The van der Waals surface area contributed by atoms with Gasteiger partial charge in [-0.2, -0.15) is 5.10 Å². The number of anilines is 2. The van der Waals surface area contributed by atoms with Crippen LogP contribution in [0.1, 0.15) is 82.8 Å². The van der Waals surface area contributed by atoms with Crippen LogP contribution in [-0.4, -0.2) is 156 Å². The van der Waals surface area contributed by atoms with Crippen LogP contribution < -0.4 is 26.0 Å². The van der Waals surface area contributed by atoms with E-state index in [0.717, 1.165) is 29.0 Å². The zero-order chi connectivity index (χ0) is 46.4. The van der Waals surface area contributed by atoms with Crippen molar-refractivity contribution >= 4 is 46.9 Å². The summed E-state index contributed by atoms with van der Waals surface area (Å²) >= 11 is 0. The number of H-pyrrole nitrogens is 1. The molecule has 1 aromatic heterocycles. The number of carbonyl (C=O) groups excluding carboxylic acids is 6. The van der Waals surface area contributed by atoms with E-state index in [-0.39, 0.29) is 55.4 Å². The summed E-state index contributed by atoms with van der Waals surface area (Å²) in [6, 6.07) is 13.2. The number of benzene rings is 2. The maximum atomic E-state index is 13.2. The van der Waals surface area contributed by atoms with Crippen molar-refractivity contribution in [1.82, 2.24) is 25.7 Å². The third kappa shape index (κ3) is 15.7. The first-order valence-electron chi connectivity index (χ1n) is 22.7. The van der Waals surface area contributed by atoms with Gasteiger partial charge in [0.2, 0.25) is 23.6 Å². The maximum absolute atomic E-state index is 13.2. The Morgan fingerprint density at radius 2 is 1.36 bits per heavy atom. The lowest BCUT2D eigenvalue weighted by atomic mass is 9.83. The van der Waals surface area contributed by atoms with Crippen LogP contribution in [0, 0.1) is 0 Å². The molecule has 1 aliphatic carbocycles. The fraction of sp³-hybridized carbons (Fsp3) is 0.543. The molecule has 5 N–H and O–H groups in total. The van der Waals surface area contributed by atoms with Gasteiger partial charge in [-0.25, -0.2) is 0 Å². The molecular weight excluding hydrogens is 859 g/mol. The van der Waals surface area contributed by atoms with Gasteiger partial charge in [-0.05, 0) is 61.9 Å². The number of nitrogens with one attached hydrogen (secondary N) is 5. The highest BCUT2D eigenvalue weighted by Crippen LogP contribution is 2.36. The molecule has 2 aliphatic heterocycles. The zero-order valence-corrected chi connectivity index (χ0v) is 37.2. The zero-order valence-electron chi connectivity index (χ0n) is 37.2. The molecule has 2 aromatic carbocycles. The molecule has 358 valence electrons. The van der Waals surface area contributed by atoms with Crippen molar-refractivity contribution in [3.8, 4) is 5.75 Å². The second kappa shape index (κ2) is 27.0. The van der Waals surface area contributed by atoms with E-state index in [4.69, 9.17) is 33.2 Å². The number of hydrogen-bond donors (Lipinski definition) is 5. The van der Waals surface area contributed by atoms with E-state index in [1.165, 1.54) is 6.42 Å². The van der Waals surface area contributed by atoms with Gasteiger partial charge in [0, 0.05) is 56.1 Å². The van der Waals surface area contributed by atoms with Gasteiger partial charge in [0.25, 0.3) is 11.8 Å². The lowest BCUT2D eigenvalue weighted by molar-refractivity contribution is -0.136. The minimum Gasteiger partial charge on any atom is -0.491 e. The minimum absolute atomic E-state index is 0.0597. The van der Waals surface area contributed by atoms with Crippen molar-refractivity contribution in [3.05, 3.63) is 70.9 Å². The molecule has 0 radical (unpaired) electrons. The van der Waals surface area contributed by atoms with Crippen LogP contribution in [0.2, 0.25) is 0 Å². The number of carbonyl (C=O) groups is 6. The molecule has 66 heavy (non-hydrogen) atoms. The lowest BCUT2D eigenvalue weighted by Gasteiger charge is -2.27. The highest BCUT2D eigenvalue weighted by molar-refractivity contribution is 6.25. The van der Waals surface area contributed by atoms with Gasteiger partial charge in [0.05, 0.1) is 77.0 Å². The number of aromatic amines is 1. The van der Waals surface area contributed by atoms with Gasteiger partial charge in [0.15, 0.2) is 5.82 Å². The van der Waals surface area contributed by atoms with E-state index in [0.29, 0.717) is 122 Å². The topological polar surface area (TPSA) is 247 Å². The van der Waals surface area contributed by atoms with Crippen LogP contribution in [0.4, 0.5) is 11.5 Å². The number of hydrogen-bond acceptors (Lipinski definition) is 15. The van der Waals surface area contributed by atoms with E-state index < -0.39 is 29.7 Å². The fourth-order valence-electron chi connectivity index (χ4n) is 7.28. The van der Waals surface area contributed by atoms with Crippen LogP contribution in [-0.2, 0) is 54.0 Å². The Hall–Kier alpha value is -5.77. The summed E-state index contributed by atoms with van der Waals surface area (Å²) in [4.78, 5) is 75.5. The molecule has 20 nitrogen and oxygen atoms in total. The Labute approximate surface area is 383 Å². The molecule has 20 heteroatoms. The number of piperidine rings is 1. The van der Waals surface area contributed by atoms with E-state index in [1.807, 2.05) is 30.3 Å². The first-order chi connectivity index (χ1) is 32.3. The molecule has 6 amide bonds. The van der Waals surface area contributed by atoms with Gasteiger partial charge in [0.1, 0.15) is 25.0 Å². The predicted molar refractivity (Wildman–Crippen MR) is 238 cm³/mol. The second-order valence-electron chi connectivity index (χ2n) is 15.8. The number of imide groups is 2.